The Morgan fingerprint density at radius 2 is 1.68 bits per heavy atom. The topological polar surface area (TPSA) is 50.7 Å². The highest BCUT2D eigenvalue weighted by molar-refractivity contribution is 5.91. The number of nitrogens with zero attached hydrogens (tertiary/aromatic N) is 3. The van der Waals surface area contributed by atoms with Gasteiger partial charge in [0.05, 0.1) is 5.52 Å². The smallest absolute Gasteiger partial charge is 0.163 e. The molecule has 4 nitrogen and oxygen atoms in total. The molecule has 0 radical (unpaired) electrons. The van der Waals surface area contributed by atoms with Crippen molar-refractivity contribution in [2.45, 2.75) is 33.7 Å². The van der Waals surface area contributed by atoms with Gasteiger partial charge in [0.2, 0.25) is 0 Å². The van der Waals surface area contributed by atoms with E-state index in [0.717, 1.165) is 22.3 Å². The molecular weight excluding hydrogens is 344 g/mol. The molecule has 4 heteroatoms. The Hall–Kier alpha value is -3.27. The average molecular weight is 371 g/mol. The summed E-state index contributed by atoms with van der Waals surface area (Å²) in [6.45, 7) is 8.22. The fourth-order valence-electron chi connectivity index (χ4n) is 3.01. The molecule has 2 aromatic heterocycles. The minimum atomic E-state index is 0.136. The summed E-state index contributed by atoms with van der Waals surface area (Å²) >= 11 is 0. The number of rotatable bonds is 4. The third-order valence-electron chi connectivity index (χ3n) is 4.42. The number of anilines is 1. The van der Waals surface area contributed by atoms with Crippen molar-refractivity contribution in [1.82, 2.24) is 15.0 Å². The Morgan fingerprint density at radius 1 is 0.893 bits per heavy atom. The van der Waals surface area contributed by atoms with E-state index in [9.17, 15) is 0 Å². The zero-order valence-corrected chi connectivity index (χ0v) is 16.8. The van der Waals surface area contributed by atoms with Crippen LogP contribution in [0, 0.1) is 6.92 Å². The van der Waals surface area contributed by atoms with Crippen LogP contribution in [0.15, 0.2) is 73.1 Å². The molecule has 0 amide bonds. The van der Waals surface area contributed by atoms with Gasteiger partial charge in [-0.3, -0.25) is 4.98 Å². The van der Waals surface area contributed by atoms with Crippen LogP contribution in [0.5, 0.6) is 0 Å². The van der Waals surface area contributed by atoms with Crippen LogP contribution in [0.3, 0.4) is 0 Å². The number of aryl methyl sites for hydroxylation is 1. The summed E-state index contributed by atoms with van der Waals surface area (Å²) in [6, 6.07) is 20.6. The van der Waals surface area contributed by atoms with E-state index in [0.29, 0.717) is 5.82 Å². The van der Waals surface area contributed by atoms with Crippen molar-refractivity contribution in [2.24, 2.45) is 0 Å². The van der Waals surface area contributed by atoms with E-state index in [2.05, 4.69) is 60.5 Å². The molecule has 4 rings (SSSR count). The van der Waals surface area contributed by atoms with Gasteiger partial charge in [-0.25, -0.2) is 9.97 Å². The monoisotopic (exact) mass is 370 g/mol. The SMILES string of the molecule is CC.Cc1ccc2nc(-c3cccnc3)nc(NC(C)c3ccccc3)c2c1. The van der Waals surface area contributed by atoms with Crippen LogP contribution in [0.4, 0.5) is 5.82 Å². The highest BCUT2D eigenvalue weighted by atomic mass is 15.1. The summed E-state index contributed by atoms with van der Waals surface area (Å²) < 4.78 is 0. The van der Waals surface area contributed by atoms with E-state index in [1.54, 1.807) is 12.4 Å². The van der Waals surface area contributed by atoms with Crippen LogP contribution >= 0.6 is 0 Å². The Labute approximate surface area is 166 Å². The van der Waals surface area contributed by atoms with Crippen molar-refractivity contribution in [1.29, 1.82) is 0 Å². The van der Waals surface area contributed by atoms with E-state index in [4.69, 9.17) is 9.97 Å². The first-order valence-corrected chi connectivity index (χ1v) is 9.71. The molecule has 2 heterocycles. The summed E-state index contributed by atoms with van der Waals surface area (Å²) in [5.41, 5.74) is 4.23. The van der Waals surface area contributed by atoms with E-state index in [1.165, 1.54) is 11.1 Å². The molecule has 0 aliphatic rings. The molecular formula is C24H26N4. The van der Waals surface area contributed by atoms with Crippen molar-refractivity contribution in [3.63, 3.8) is 0 Å². The Balaban J connectivity index is 0.00000109. The summed E-state index contributed by atoms with van der Waals surface area (Å²) in [5, 5.41) is 4.60. The molecule has 142 valence electrons. The summed E-state index contributed by atoms with van der Waals surface area (Å²) in [7, 11) is 0. The first-order chi connectivity index (χ1) is 13.7. The lowest BCUT2D eigenvalue weighted by Gasteiger charge is -2.17. The predicted molar refractivity (Wildman–Crippen MR) is 117 cm³/mol. The van der Waals surface area contributed by atoms with Gasteiger partial charge < -0.3 is 5.32 Å². The normalized spacial score (nSPS) is 11.4. The molecule has 1 unspecified atom stereocenters. The van der Waals surface area contributed by atoms with Crippen molar-refractivity contribution in [3.8, 4) is 11.4 Å². The highest BCUT2D eigenvalue weighted by Crippen LogP contribution is 2.28. The quantitative estimate of drug-likeness (QED) is 0.465. The molecule has 0 saturated heterocycles. The second-order valence-electron chi connectivity index (χ2n) is 6.43. The second-order valence-corrected chi connectivity index (χ2v) is 6.43. The summed E-state index contributed by atoms with van der Waals surface area (Å²) in [5.74, 6) is 1.52. The number of aromatic nitrogens is 3. The molecule has 1 N–H and O–H groups in total. The Kier molecular flexibility index (Phi) is 6.33. The zero-order chi connectivity index (χ0) is 19.9. The number of hydrogen-bond donors (Lipinski definition) is 1. The van der Waals surface area contributed by atoms with Gasteiger partial charge in [0, 0.05) is 29.4 Å². The first-order valence-electron chi connectivity index (χ1n) is 9.71. The van der Waals surface area contributed by atoms with Gasteiger partial charge in [-0.05, 0) is 43.7 Å². The van der Waals surface area contributed by atoms with Crippen LogP contribution < -0.4 is 5.32 Å². The van der Waals surface area contributed by atoms with Crippen LogP contribution in [-0.4, -0.2) is 15.0 Å². The minimum absolute atomic E-state index is 0.136. The second kappa shape index (κ2) is 9.09. The molecule has 28 heavy (non-hydrogen) atoms. The first kappa shape index (κ1) is 19.5. The lowest BCUT2D eigenvalue weighted by molar-refractivity contribution is 0.876. The van der Waals surface area contributed by atoms with Crippen molar-refractivity contribution >= 4 is 16.7 Å². The van der Waals surface area contributed by atoms with Crippen LogP contribution in [0.25, 0.3) is 22.3 Å². The van der Waals surface area contributed by atoms with Gasteiger partial charge in [-0.2, -0.15) is 0 Å². The average Bonchev–Trinajstić information content (AvgIpc) is 2.76. The number of fused-ring (bicyclic) bond motifs is 1. The predicted octanol–water partition coefficient (Wildman–Crippen LogP) is 6.20. The molecule has 0 aliphatic heterocycles. The van der Waals surface area contributed by atoms with Crippen molar-refractivity contribution < 1.29 is 0 Å². The maximum atomic E-state index is 4.82. The molecule has 1 atom stereocenters. The lowest BCUT2D eigenvalue weighted by Crippen LogP contribution is -2.09. The van der Waals surface area contributed by atoms with Gasteiger partial charge in [0.15, 0.2) is 5.82 Å². The van der Waals surface area contributed by atoms with E-state index >= 15 is 0 Å². The number of nitrogens with one attached hydrogen (secondary N) is 1. The van der Waals surface area contributed by atoms with Gasteiger partial charge >= 0.3 is 0 Å². The standard InChI is InChI=1S/C22H20N4.C2H6/c1-15-10-11-20-19(13-15)22(24-16(2)17-7-4-3-5-8-17)26-21(25-20)18-9-6-12-23-14-18;1-2/h3-14,16H,1-2H3,(H,24,25,26);1-2H3. The van der Waals surface area contributed by atoms with Crippen molar-refractivity contribution in [2.75, 3.05) is 5.32 Å². The maximum Gasteiger partial charge on any atom is 0.163 e. The maximum absolute atomic E-state index is 4.82. The molecule has 4 aromatic rings. The van der Waals surface area contributed by atoms with Gasteiger partial charge in [0.25, 0.3) is 0 Å². The van der Waals surface area contributed by atoms with Gasteiger partial charge in [-0.15, -0.1) is 0 Å². The minimum Gasteiger partial charge on any atom is -0.363 e. The molecule has 0 spiro atoms. The molecule has 0 saturated carbocycles. The third-order valence-corrected chi connectivity index (χ3v) is 4.42. The van der Waals surface area contributed by atoms with Crippen LogP contribution in [0.2, 0.25) is 0 Å². The third kappa shape index (κ3) is 4.34. The van der Waals surface area contributed by atoms with Crippen LogP contribution in [0.1, 0.15) is 37.9 Å². The summed E-state index contributed by atoms with van der Waals surface area (Å²) in [6.07, 6.45) is 3.55. The van der Waals surface area contributed by atoms with E-state index < -0.39 is 0 Å². The van der Waals surface area contributed by atoms with Crippen molar-refractivity contribution in [3.05, 3.63) is 84.2 Å². The van der Waals surface area contributed by atoms with Gasteiger partial charge in [-0.1, -0.05) is 55.8 Å². The van der Waals surface area contributed by atoms with E-state index in [-0.39, 0.29) is 6.04 Å². The van der Waals surface area contributed by atoms with Gasteiger partial charge in [0.1, 0.15) is 5.82 Å². The molecule has 0 bridgehead atoms. The lowest BCUT2D eigenvalue weighted by atomic mass is 10.1. The summed E-state index contributed by atoms with van der Waals surface area (Å²) in [4.78, 5) is 13.7. The number of benzene rings is 2. The number of pyridine rings is 1. The molecule has 0 aliphatic carbocycles. The highest BCUT2D eigenvalue weighted by Gasteiger charge is 2.13. The molecule has 2 aromatic carbocycles. The fourth-order valence-corrected chi connectivity index (χ4v) is 3.01. The van der Waals surface area contributed by atoms with E-state index in [1.807, 2.05) is 38.1 Å². The Morgan fingerprint density at radius 3 is 2.39 bits per heavy atom. The fraction of sp³-hybridized carbons (Fsp3) is 0.208. The molecule has 0 fully saturated rings. The largest absolute Gasteiger partial charge is 0.363 e. The zero-order valence-electron chi connectivity index (χ0n) is 16.8. The van der Waals surface area contributed by atoms with Crippen LogP contribution in [-0.2, 0) is 0 Å². The Bertz CT molecular complexity index is 1030. The number of hydrogen-bond acceptors (Lipinski definition) is 4.